The average molecular weight is 431 g/mol. The van der Waals surface area contributed by atoms with Gasteiger partial charge in [0.05, 0.1) is 34.6 Å². The molecule has 4 heterocycles. The molecule has 2 aromatic heterocycles. The van der Waals surface area contributed by atoms with E-state index in [1.165, 1.54) is 0 Å². The van der Waals surface area contributed by atoms with Gasteiger partial charge in [-0.05, 0) is 39.3 Å². The minimum Gasteiger partial charge on any atom is -0.458 e. The number of rotatable bonds is 2. The van der Waals surface area contributed by atoms with Gasteiger partial charge in [0.15, 0.2) is 5.60 Å². The van der Waals surface area contributed by atoms with Crippen molar-refractivity contribution in [3.8, 4) is 11.4 Å². The molecule has 0 unspecified atom stereocenters. The fourth-order valence-corrected chi connectivity index (χ4v) is 4.47. The van der Waals surface area contributed by atoms with Crippen molar-refractivity contribution in [1.82, 2.24) is 9.55 Å². The number of hydrogen-bond acceptors (Lipinski definition) is 6. The number of carbonyl (C=O) groups is 1. The van der Waals surface area contributed by atoms with Crippen molar-refractivity contribution in [1.29, 1.82) is 0 Å². The van der Waals surface area contributed by atoms with Crippen LogP contribution in [0.25, 0.3) is 22.3 Å². The molecular weight excluding hydrogens is 406 g/mol. The molecule has 7 nitrogen and oxygen atoms in total. The Hall–Kier alpha value is -3.32. The van der Waals surface area contributed by atoms with E-state index in [2.05, 4.69) is 0 Å². The fraction of sp³-hybridized carbons (Fsp3) is 0.360. The van der Waals surface area contributed by atoms with E-state index in [4.69, 9.17) is 14.7 Å². The summed E-state index contributed by atoms with van der Waals surface area (Å²) in [4.78, 5) is 35.4. The molecule has 2 aliphatic rings. The first kappa shape index (κ1) is 20.6. The first-order chi connectivity index (χ1) is 15.1. The third-order valence-corrected chi connectivity index (χ3v) is 6.22. The van der Waals surface area contributed by atoms with Gasteiger partial charge in [0, 0.05) is 28.3 Å². The second-order valence-electron chi connectivity index (χ2n) is 9.40. The van der Waals surface area contributed by atoms with Gasteiger partial charge in [-0.15, -0.1) is 0 Å². The Morgan fingerprint density at radius 3 is 2.72 bits per heavy atom. The summed E-state index contributed by atoms with van der Waals surface area (Å²) in [6.07, 6.45) is 1.98. The van der Waals surface area contributed by atoms with Crippen molar-refractivity contribution in [2.45, 2.75) is 58.4 Å². The molecule has 0 amide bonds. The van der Waals surface area contributed by atoms with Crippen LogP contribution in [0.2, 0.25) is 0 Å². The molecule has 1 atom stereocenters. The number of pyridine rings is 2. The predicted octanol–water partition coefficient (Wildman–Crippen LogP) is 3.30. The van der Waals surface area contributed by atoms with Gasteiger partial charge in [-0.3, -0.25) is 9.79 Å². The summed E-state index contributed by atoms with van der Waals surface area (Å²) in [5, 5.41) is 12.0. The Balaban J connectivity index is 1.81. The predicted molar refractivity (Wildman–Crippen MR) is 122 cm³/mol. The highest BCUT2D eigenvalue weighted by Crippen LogP contribution is 2.39. The third-order valence-electron chi connectivity index (χ3n) is 6.22. The molecular formula is C25H25N3O4. The van der Waals surface area contributed by atoms with Crippen LogP contribution in [0.5, 0.6) is 0 Å². The van der Waals surface area contributed by atoms with Crippen LogP contribution in [0.15, 0.2) is 40.1 Å². The molecule has 1 N–H and O–H groups in total. The monoisotopic (exact) mass is 431 g/mol. The van der Waals surface area contributed by atoms with Crippen LogP contribution in [0.1, 0.15) is 56.4 Å². The second kappa shape index (κ2) is 6.84. The van der Waals surface area contributed by atoms with E-state index >= 15 is 0 Å². The minimum absolute atomic E-state index is 0.114. The first-order valence-corrected chi connectivity index (χ1v) is 10.8. The summed E-state index contributed by atoms with van der Waals surface area (Å²) >= 11 is 0. The standard InChI is InChI=1S/C25H25N3O4/c1-5-25(31)18-10-20-21-16(12-28(20)22(29)17(18)13-32-23(25)30)15(11-26-24(2,3)4)14-8-6-7-9-19(14)27-21/h6-11,31H,5,12-13H2,1-4H3/t25-/m0/s1. The maximum atomic E-state index is 13.4. The van der Waals surface area contributed by atoms with Gasteiger partial charge in [-0.25, -0.2) is 9.78 Å². The van der Waals surface area contributed by atoms with Gasteiger partial charge < -0.3 is 14.4 Å². The molecule has 164 valence electrons. The summed E-state index contributed by atoms with van der Waals surface area (Å²) in [5.74, 6) is -0.723. The highest BCUT2D eigenvalue weighted by atomic mass is 16.6. The summed E-state index contributed by atoms with van der Waals surface area (Å²) in [6.45, 7) is 8.00. The van der Waals surface area contributed by atoms with E-state index in [1.807, 2.05) is 51.3 Å². The van der Waals surface area contributed by atoms with E-state index in [1.54, 1.807) is 17.6 Å². The van der Waals surface area contributed by atoms with Gasteiger partial charge in [0.25, 0.3) is 5.56 Å². The Labute approximate surface area is 185 Å². The van der Waals surface area contributed by atoms with Gasteiger partial charge >= 0.3 is 5.97 Å². The molecule has 5 rings (SSSR count). The Kier molecular flexibility index (Phi) is 4.40. The smallest absolute Gasteiger partial charge is 0.343 e. The lowest BCUT2D eigenvalue weighted by atomic mass is 9.86. The second-order valence-corrected chi connectivity index (χ2v) is 9.40. The molecule has 0 spiro atoms. The topological polar surface area (TPSA) is 93.8 Å². The van der Waals surface area contributed by atoms with E-state index in [0.29, 0.717) is 29.1 Å². The number of benzene rings is 1. The zero-order valence-corrected chi connectivity index (χ0v) is 18.6. The zero-order chi connectivity index (χ0) is 22.8. The maximum Gasteiger partial charge on any atom is 0.343 e. The number of ether oxygens (including phenoxy) is 1. The molecule has 7 heteroatoms. The zero-order valence-electron chi connectivity index (χ0n) is 18.6. The van der Waals surface area contributed by atoms with Crippen molar-refractivity contribution >= 4 is 23.1 Å². The number of aliphatic imine (C=N–C) groups is 1. The molecule has 2 aliphatic heterocycles. The van der Waals surface area contributed by atoms with Crippen LogP contribution in [0, 0.1) is 0 Å². The van der Waals surface area contributed by atoms with E-state index in [0.717, 1.165) is 22.0 Å². The fourth-order valence-electron chi connectivity index (χ4n) is 4.47. The lowest BCUT2D eigenvalue weighted by Gasteiger charge is -2.31. The van der Waals surface area contributed by atoms with E-state index in [-0.39, 0.29) is 24.1 Å². The van der Waals surface area contributed by atoms with Gasteiger partial charge in [0.1, 0.15) is 6.61 Å². The molecule has 1 aromatic carbocycles. The number of cyclic esters (lactones) is 1. The summed E-state index contributed by atoms with van der Waals surface area (Å²) in [5.41, 5.74) is 2.19. The Bertz CT molecular complexity index is 1380. The SMILES string of the molecule is CC[C@@]1(O)C(=O)OCc2c1cc1n(c2=O)Cc2c-1nc1ccccc1c2C=NC(C)(C)C. The third kappa shape index (κ3) is 2.92. The van der Waals surface area contributed by atoms with Crippen molar-refractivity contribution in [2.75, 3.05) is 0 Å². The lowest BCUT2D eigenvalue weighted by Crippen LogP contribution is -2.44. The van der Waals surface area contributed by atoms with E-state index in [9.17, 15) is 14.7 Å². The molecule has 0 saturated carbocycles. The molecule has 3 aromatic rings. The normalized spacial score (nSPS) is 19.7. The number of aromatic nitrogens is 2. The number of carbonyl (C=O) groups excluding carboxylic acids is 1. The Morgan fingerprint density at radius 1 is 1.25 bits per heavy atom. The minimum atomic E-state index is -1.83. The van der Waals surface area contributed by atoms with Crippen LogP contribution >= 0.6 is 0 Å². The van der Waals surface area contributed by atoms with Crippen LogP contribution in [0.3, 0.4) is 0 Å². The van der Waals surface area contributed by atoms with Gasteiger partial charge in [0.2, 0.25) is 0 Å². The summed E-state index contributed by atoms with van der Waals surface area (Å²) < 4.78 is 6.80. The highest BCUT2D eigenvalue weighted by molar-refractivity contribution is 6.02. The van der Waals surface area contributed by atoms with Crippen molar-refractivity contribution in [2.24, 2.45) is 4.99 Å². The largest absolute Gasteiger partial charge is 0.458 e. The van der Waals surface area contributed by atoms with E-state index < -0.39 is 11.6 Å². The van der Waals surface area contributed by atoms with Gasteiger partial charge in [-0.2, -0.15) is 0 Å². The summed E-state index contributed by atoms with van der Waals surface area (Å²) in [7, 11) is 0. The number of aliphatic hydroxyl groups is 1. The Morgan fingerprint density at radius 2 is 2.00 bits per heavy atom. The molecule has 0 bridgehead atoms. The molecule has 0 aliphatic carbocycles. The van der Waals surface area contributed by atoms with Crippen molar-refractivity contribution in [3.63, 3.8) is 0 Å². The van der Waals surface area contributed by atoms with Crippen LogP contribution in [0.4, 0.5) is 0 Å². The molecule has 0 radical (unpaired) electrons. The highest BCUT2D eigenvalue weighted by Gasteiger charge is 2.45. The van der Waals surface area contributed by atoms with Gasteiger partial charge in [-0.1, -0.05) is 25.1 Å². The number of para-hydroxylation sites is 1. The van der Waals surface area contributed by atoms with Crippen LogP contribution in [-0.2, 0) is 28.3 Å². The molecule has 0 fully saturated rings. The van der Waals surface area contributed by atoms with Crippen LogP contribution < -0.4 is 5.56 Å². The number of hydrogen-bond donors (Lipinski definition) is 1. The number of esters is 1. The van der Waals surface area contributed by atoms with Crippen LogP contribution in [-0.4, -0.2) is 32.4 Å². The molecule has 32 heavy (non-hydrogen) atoms. The maximum absolute atomic E-state index is 13.4. The lowest BCUT2D eigenvalue weighted by molar-refractivity contribution is -0.172. The average Bonchev–Trinajstić information content (AvgIpc) is 3.12. The molecule has 0 saturated heterocycles. The quantitative estimate of drug-likeness (QED) is 0.388. The number of nitrogens with zero attached hydrogens (tertiary/aromatic N) is 3. The van der Waals surface area contributed by atoms with Crippen molar-refractivity contribution in [3.05, 3.63) is 62.9 Å². The first-order valence-electron chi connectivity index (χ1n) is 10.8. The number of fused-ring (bicyclic) bond motifs is 5. The van der Waals surface area contributed by atoms with Crippen molar-refractivity contribution < 1.29 is 14.6 Å². The summed E-state index contributed by atoms with van der Waals surface area (Å²) in [6, 6.07) is 9.56.